The summed E-state index contributed by atoms with van der Waals surface area (Å²) < 4.78 is 27.6. The lowest BCUT2D eigenvalue weighted by Crippen LogP contribution is -2.47. The van der Waals surface area contributed by atoms with Gasteiger partial charge in [-0.2, -0.15) is 0 Å². The van der Waals surface area contributed by atoms with Crippen LogP contribution in [-0.4, -0.2) is 50.1 Å². The minimum absolute atomic E-state index is 0.0459. The highest BCUT2D eigenvalue weighted by molar-refractivity contribution is 7.89. The molecular weight excluding hydrogens is 312 g/mol. The van der Waals surface area contributed by atoms with Gasteiger partial charge in [0, 0.05) is 17.0 Å². The van der Waals surface area contributed by atoms with Gasteiger partial charge < -0.3 is 10.0 Å². The third-order valence-corrected chi connectivity index (χ3v) is 6.72. The summed E-state index contributed by atoms with van der Waals surface area (Å²) in [5.74, 6) is -1.10. The summed E-state index contributed by atoms with van der Waals surface area (Å²) in [5.41, 5.74) is 0. The Labute approximate surface area is 128 Å². The lowest BCUT2D eigenvalue weighted by molar-refractivity contribution is 0.0702. The third-order valence-electron chi connectivity index (χ3n) is 3.90. The van der Waals surface area contributed by atoms with Gasteiger partial charge in [-0.3, -0.25) is 0 Å². The maximum atomic E-state index is 12.4. The van der Waals surface area contributed by atoms with Gasteiger partial charge in [0.1, 0.15) is 4.88 Å². The predicted molar refractivity (Wildman–Crippen MR) is 81.5 cm³/mol. The van der Waals surface area contributed by atoms with Crippen LogP contribution in [0.15, 0.2) is 11.0 Å². The second kappa shape index (κ2) is 6.04. The van der Waals surface area contributed by atoms with E-state index >= 15 is 0 Å². The average Bonchev–Trinajstić information content (AvgIpc) is 2.77. The third kappa shape index (κ3) is 3.63. The van der Waals surface area contributed by atoms with Crippen LogP contribution < -0.4 is 4.72 Å². The molecule has 2 rings (SSSR count). The maximum Gasteiger partial charge on any atom is 0.345 e. The molecule has 1 aromatic heterocycles. The Morgan fingerprint density at radius 1 is 1.52 bits per heavy atom. The van der Waals surface area contributed by atoms with Crippen molar-refractivity contribution >= 4 is 27.3 Å². The molecule has 1 aromatic rings. The number of hydrogen-bond acceptors (Lipinski definition) is 5. The average molecular weight is 332 g/mol. The summed E-state index contributed by atoms with van der Waals surface area (Å²) in [6, 6.07) is 1.46. The van der Waals surface area contributed by atoms with Crippen LogP contribution in [0.1, 0.15) is 34.3 Å². The summed E-state index contributed by atoms with van der Waals surface area (Å²) in [6.07, 6.45) is 1.51. The monoisotopic (exact) mass is 332 g/mol. The second-order valence-electron chi connectivity index (χ2n) is 5.51. The number of sulfonamides is 1. The van der Waals surface area contributed by atoms with Gasteiger partial charge in [-0.05, 0) is 46.3 Å². The van der Waals surface area contributed by atoms with E-state index in [4.69, 9.17) is 5.11 Å². The highest BCUT2D eigenvalue weighted by Gasteiger charge is 2.29. The van der Waals surface area contributed by atoms with Gasteiger partial charge in [0.2, 0.25) is 10.0 Å². The van der Waals surface area contributed by atoms with Gasteiger partial charge in [-0.1, -0.05) is 0 Å². The Balaban J connectivity index is 2.17. The first-order valence-electron chi connectivity index (χ1n) is 6.77. The van der Waals surface area contributed by atoms with Crippen molar-refractivity contribution in [3.8, 4) is 0 Å². The van der Waals surface area contributed by atoms with Crippen molar-refractivity contribution in [2.45, 2.75) is 43.7 Å². The van der Waals surface area contributed by atoms with E-state index in [2.05, 4.69) is 16.5 Å². The number of carboxylic acid groups (broad SMARTS) is 1. The summed E-state index contributed by atoms with van der Waals surface area (Å²) in [4.78, 5) is 13.8. The Kier molecular flexibility index (Phi) is 4.72. The summed E-state index contributed by atoms with van der Waals surface area (Å²) in [7, 11) is -1.64. The largest absolute Gasteiger partial charge is 0.477 e. The van der Waals surface area contributed by atoms with E-state index in [1.54, 1.807) is 6.92 Å². The zero-order chi connectivity index (χ0) is 15.8. The van der Waals surface area contributed by atoms with Crippen LogP contribution in [0.4, 0.5) is 0 Å². The lowest BCUT2D eigenvalue weighted by atomic mass is 10.0. The highest BCUT2D eigenvalue weighted by Crippen LogP contribution is 2.27. The number of rotatable bonds is 4. The van der Waals surface area contributed by atoms with E-state index < -0.39 is 16.0 Å². The standard InChI is InChI=1S/C13H20N2O4S2/c1-8-6-10(4-5-15(8)3)14-21(18,19)12-7-11(13(16)17)20-9(12)2/h7-8,10,14H,4-6H2,1-3H3,(H,16,17). The Hall–Kier alpha value is -0.960. The summed E-state index contributed by atoms with van der Waals surface area (Å²) in [5, 5.41) is 8.96. The number of aromatic carboxylic acids is 1. The molecule has 0 aromatic carbocycles. The van der Waals surface area contributed by atoms with Gasteiger partial charge in [-0.15, -0.1) is 11.3 Å². The lowest BCUT2D eigenvalue weighted by Gasteiger charge is -2.35. The molecular formula is C13H20N2O4S2. The van der Waals surface area contributed by atoms with Crippen molar-refractivity contribution < 1.29 is 18.3 Å². The molecule has 0 aliphatic carbocycles. The zero-order valence-corrected chi connectivity index (χ0v) is 13.9. The molecule has 0 saturated carbocycles. The van der Waals surface area contributed by atoms with Gasteiger partial charge >= 0.3 is 5.97 Å². The quantitative estimate of drug-likeness (QED) is 0.873. The van der Waals surface area contributed by atoms with Crippen LogP contribution >= 0.6 is 11.3 Å². The van der Waals surface area contributed by atoms with E-state index in [-0.39, 0.29) is 15.8 Å². The van der Waals surface area contributed by atoms with Gasteiger partial charge in [0.05, 0.1) is 4.90 Å². The van der Waals surface area contributed by atoms with Crippen molar-refractivity contribution in [1.82, 2.24) is 9.62 Å². The molecule has 6 nitrogen and oxygen atoms in total. The molecule has 1 fully saturated rings. The number of piperidine rings is 1. The number of nitrogens with one attached hydrogen (secondary N) is 1. The fourth-order valence-electron chi connectivity index (χ4n) is 2.52. The number of aryl methyl sites for hydroxylation is 1. The SMILES string of the molecule is Cc1sc(C(=O)O)cc1S(=O)(=O)NC1CCN(C)C(C)C1. The van der Waals surface area contributed by atoms with Crippen LogP contribution in [0.25, 0.3) is 0 Å². The van der Waals surface area contributed by atoms with Crippen LogP contribution in [-0.2, 0) is 10.0 Å². The Morgan fingerprint density at radius 3 is 2.71 bits per heavy atom. The molecule has 2 N–H and O–H groups in total. The zero-order valence-electron chi connectivity index (χ0n) is 12.3. The van der Waals surface area contributed by atoms with Crippen LogP contribution in [0.2, 0.25) is 0 Å². The fourth-order valence-corrected chi connectivity index (χ4v) is 5.23. The van der Waals surface area contributed by atoms with Crippen molar-refractivity contribution in [2.24, 2.45) is 0 Å². The summed E-state index contributed by atoms with van der Waals surface area (Å²) >= 11 is 0.985. The minimum atomic E-state index is -3.67. The first-order chi connectivity index (χ1) is 9.70. The molecule has 0 amide bonds. The first kappa shape index (κ1) is 16.4. The van der Waals surface area contributed by atoms with Crippen molar-refractivity contribution in [1.29, 1.82) is 0 Å². The molecule has 0 spiro atoms. The number of thiophene rings is 1. The van der Waals surface area contributed by atoms with Crippen molar-refractivity contribution in [3.05, 3.63) is 15.8 Å². The number of hydrogen-bond donors (Lipinski definition) is 2. The fraction of sp³-hybridized carbons (Fsp3) is 0.615. The molecule has 2 unspecified atom stereocenters. The molecule has 0 radical (unpaired) electrons. The molecule has 1 saturated heterocycles. The molecule has 1 aliphatic rings. The maximum absolute atomic E-state index is 12.4. The Bertz CT molecular complexity index is 639. The normalized spacial score (nSPS) is 24.1. The molecule has 1 aliphatic heterocycles. The second-order valence-corrected chi connectivity index (χ2v) is 8.45. The smallest absolute Gasteiger partial charge is 0.345 e. The predicted octanol–water partition coefficient (Wildman–Crippen LogP) is 1.52. The van der Waals surface area contributed by atoms with Crippen molar-refractivity contribution in [3.63, 3.8) is 0 Å². The summed E-state index contributed by atoms with van der Waals surface area (Å²) in [6.45, 7) is 4.54. The van der Waals surface area contributed by atoms with Crippen molar-refractivity contribution in [2.75, 3.05) is 13.6 Å². The molecule has 2 heterocycles. The van der Waals surface area contributed by atoms with E-state index in [1.807, 2.05) is 7.05 Å². The van der Waals surface area contributed by atoms with E-state index in [0.29, 0.717) is 10.9 Å². The van der Waals surface area contributed by atoms with E-state index in [0.717, 1.165) is 30.7 Å². The molecule has 118 valence electrons. The molecule has 2 atom stereocenters. The van der Waals surface area contributed by atoms with E-state index in [1.165, 1.54) is 6.07 Å². The van der Waals surface area contributed by atoms with Crippen LogP contribution in [0, 0.1) is 6.92 Å². The van der Waals surface area contributed by atoms with Gasteiger partial charge in [0.15, 0.2) is 0 Å². The topological polar surface area (TPSA) is 86.7 Å². The van der Waals surface area contributed by atoms with Crippen LogP contribution in [0.5, 0.6) is 0 Å². The highest BCUT2D eigenvalue weighted by atomic mass is 32.2. The molecule has 8 heteroatoms. The molecule has 21 heavy (non-hydrogen) atoms. The number of carboxylic acids is 1. The number of likely N-dealkylation sites (tertiary alicyclic amines) is 1. The number of nitrogens with zero attached hydrogens (tertiary/aromatic N) is 1. The van der Waals surface area contributed by atoms with E-state index in [9.17, 15) is 13.2 Å². The molecule has 0 bridgehead atoms. The minimum Gasteiger partial charge on any atom is -0.477 e. The van der Waals surface area contributed by atoms with Crippen LogP contribution in [0.3, 0.4) is 0 Å². The van der Waals surface area contributed by atoms with Gasteiger partial charge in [-0.25, -0.2) is 17.9 Å². The van der Waals surface area contributed by atoms with Gasteiger partial charge in [0.25, 0.3) is 0 Å². The first-order valence-corrected chi connectivity index (χ1v) is 9.07. The Morgan fingerprint density at radius 2 is 2.19 bits per heavy atom. The number of carbonyl (C=O) groups is 1.